The molecule has 0 N–H and O–H groups in total. The van der Waals surface area contributed by atoms with Crippen LogP contribution in [0.15, 0.2) is 28.2 Å². The number of aromatic nitrogens is 2. The number of benzene rings is 1. The molecule has 154 valence electrons. The van der Waals surface area contributed by atoms with E-state index < -0.39 is 0 Å². The third kappa shape index (κ3) is 4.53. The molecule has 7 heteroatoms. The molecular weight excluding hydrogens is 443 g/mol. The molecule has 0 amide bonds. The molecule has 4 rings (SSSR count). The first-order valence-electron chi connectivity index (χ1n) is 10.1. The van der Waals surface area contributed by atoms with E-state index in [1.807, 2.05) is 16.7 Å². The van der Waals surface area contributed by atoms with Gasteiger partial charge in [0.1, 0.15) is 4.83 Å². The monoisotopic (exact) mass is 466 g/mol. The number of thiophene rings is 1. The molecule has 2 aromatic heterocycles. The van der Waals surface area contributed by atoms with Crippen LogP contribution < -0.4 is 5.56 Å². The van der Waals surface area contributed by atoms with Crippen molar-refractivity contribution in [2.75, 3.05) is 0 Å². The summed E-state index contributed by atoms with van der Waals surface area (Å²) in [6.45, 7) is 5.06. The van der Waals surface area contributed by atoms with Crippen molar-refractivity contribution in [3.63, 3.8) is 0 Å². The Hall–Kier alpha value is -1.01. The third-order valence-electron chi connectivity index (χ3n) is 5.34. The lowest BCUT2D eigenvalue weighted by Gasteiger charge is -2.14. The molecule has 0 atom stereocenters. The second kappa shape index (κ2) is 9.01. The normalized spacial score (nSPS) is 14.0. The summed E-state index contributed by atoms with van der Waals surface area (Å²) in [6.07, 6.45) is 5.40. The van der Waals surface area contributed by atoms with Gasteiger partial charge in [0.15, 0.2) is 5.16 Å². The molecule has 0 fully saturated rings. The van der Waals surface area contributed by atoms with Gasteiger partial charge in [-0.25, -0.2) is 4.98 Å². The highest BCUT2D eigenvalue weighted by atomic mass is 35.5. The van der Waals surface area contributed by atoms with Gasteiger partial charge in [0.25, 0.3) is 5.56 Å². The number of rotatable bonds is 6. The van der Waals surface area contributed by atoms with Crippen LogP contribution in [0.3, 0.4) is 0 Å². The van der Waals surface area contributed by atoms with Crippen LogP contribution in [-0.4, -0.2) is 9.55 Å². The lowest BCUT2D eigenvalue weighted by molar-refractivity contribution is 0.481. The minimum Gasteiger partial charge on any atom is -0.287 e. The van der Waals surface area contributed by atoms with Crippen LogP contribution in [0.1, 0.15) is 49.1 Å². The SMILES string of the molecule is CC(C)CCn1c(SCc2ccc(Cl)cc2Cl)nc2sc3c(c2c1=O)CCCC3. The standard InChI is InChI=1S/C22H24Cl2N2OS2/c1-13(2)9-10-26-21(27)19-16-5-3-4-6-18(16)29-20(19)25-22(26)28-12-14-7-8-15(23)11-17(14)24/h7-8,11,13H,3-6,9-10,12H2,1-2H3. The summed E-state index contributed by atoms with van der Waals surface area (Å²) in [7, 11) is 0. The van der Waals surface area contributed by atoms with E-state index >= 15 is 0 Å². The summed E-state index contributed by atoms with van der Waals surface area (Å²) in [5, 5.41) is 2.92. The quantitative estimate of drug-likeness (QED) is 0.290. The van der Waals surface area contributed by atoms with Gasteiger partial charge in [0.05, 0.1) is 5.39 Å². The molecule has 1 aromatic carbocycles. The van der Waals surface area contributed by atoms with Gasteiger partial charge >= 0.3 is 0 Å². The average molecular weight is 467 g/mol. The molecule has 3 nitrogen and oxygen atoms in total. The van der Waals surface area contributed by atoms with E-state index in [0.29, 0.717) is 28.3 Å². The molecule has 0 spiro atoms. The van der Waals surface area contributed by atoms with Crippen LogP contribution in [0.2, 0.25) is 10.0 Å². The lowest BCUT2D eigenvalue weighted by atomic mass is 9.97. The highest BCUT2D eigenvalue weighted by Gasteiger charge is 2.22. The summed E-state index contributed by atoms with van der Waals surface area (Å²) in [5.74, 6) is 1.18. The topological polar surface area (TPSA) is 34.9 Å². The molecule has 0 bridgehead atoms. The Morgan fingerprint density at radius 1 is 1.24 bits per heavy atom. The molecule has 0 aliphatic heterocycles. The average Bonchev–Trinajstić information content (AvgIpc) is 3.05. The zero-order valence-electron chi connectivity index (χ0n) is 16.6. The van der Waals surface area contributed by atoms with Crippen LogP contribution in [0.4, 0.5) is 0 Å². The van der Waals surface area contributed by atoms with Crippen LogP contribution >= 0.6 is 46.3 Å². The fraction of sp³-hybridized carbons (Fsp3) is 0.455. The Morgan fingerprint density at radius 2 is 2.03 bits per heavy atom. The van der Waals surface area contributed by atoms with Crippen LogP contribution in [0.25, 0.3) is 10.2 Å². The Labute approximate surface area is 189 Å². The highest BCUT2D eigenvalue weighted by Crippen LogP contribution is 2.35. The minimum absolute atomic E-state index is 0.125. The largest absolute Gasteiger partial charge is 0.287 e. The van der Waals surface area contributed by atoms with E-state index in [2.05, 4.69) is 13.8 Å². The molecule has 1 aliphatic rings. The highest BCUT2D eigenvalue weighted by molar-refractivity contribution is 7.98. The maximum Gasteiger partial charge on any atom is 0.263 e. The minimum atomic E-state index is 0.125. The Morgan fingerprint density at radius 3 is 2.79 bits per heavy atom. The van der Waals surface area contributed by atoms with Gasteiger partial charge in [0.2, 0.25) is 0 Å². The summed E-state index contributed by atoms with van der Waals surface area (Å²) in [4.78, 5) is 20.7. The number of fused-ring (bicyclic) bond motifs is 3. The van der Waals surface area contributed by atoms with Crippen LogP contribution in [0, 0.1) is 5.92 Å². The number of nitrogens with zero attached hydrogens (tertiary/aromatic N) is 2. The Balaban J connectivity index is 1.74. The van der Waals surface area contributed by atoms with E-state index in [1.165, 1.54) is 16.9 Å². The molecule has 3 aromatic rings. The Bertz CT molecular complexity index is 1100. The van der Waals surface area contributed by atoms with Gasteiger partial charge in [-0.05, 0) is 61.3 Å². The van der Waals surface area contributed by atoms with Crippen molar-refractivity contribution < 1.29 is 0 Å². The maximum absolute atomic E-state index is 13.5. The van der Waals surface area contributed by atoms with Gasteiger partial charge in [-0.1, -0.05) is 54.9 Å². The van der Waals surface area contributed by atoms with Gasteiger partial charge in [-0.3, -0.25) is 9.36 Å². The molecular formula is C22H24Cl2N2OS2. The maximum atomic E-state index is 13.5. The number of thioether (sulfide) groups is 1. The van der Waals surface area contributed by atoms with Crippen molar-refractivity contribution in [2.24, 2.45) is 5.92 Å². The fourth-order valence-electron chi connectivity index (χ4n) is 3.70. The molecule has 2 heterocycles. The van der Waals surface area contributed by atoms with Gasteiger partial charge in [0, 0.05) is 27.2 Å². The number of halogens is 2. The first-order chi connectivity index (χ1) is 13.9. The van der Waals surface area contributed by atoms with Gasteiger partial charge in [-0.2, -0.15) is 0 Å². The van der Waals surface area contributed by atoms with Crippen LogP contribution in [0.5, 0.6) is 0 Å². The molecule has 0 radical (unpaired) electrons. The number of hydrogen-bond acceptors (Lipinski definition) is 4. The number of hydrogen-bond donors (Lipinski definition) is 0. The molecule has 0 saturated heterocycles. The predicted molar refractivity (Wildman–Crippen MR) is 126 cm³/mol. The summed E-state index contributed by atoms with van der Waals surface area (Å²) in [6, 6.07) is 5.55. The van der Waals surface area contributed by atoms with Crippen molar-refractivity contribution in [1.82, 2.24) is 9.55 Å². The summed E-state index contributed by atoms with van der Waals surface area (Å²) >= 11 is 15.7. The first kappa shape index (κ1) is 21.2. The third-order valence-corrected chi connectivity index (χ3v) is 8.14. The second-order valence-corrected chi connectivity index (χ2v) is 10.8. The lowest BCUT2D eigenvalue weighted by Crippen LogP contribution is -2.24. The second-order valence-electron chi connectivity index (χ2n) is 7.95. The van der Waals surface area contributed by atoms with Crippen LogP contribution in [-0.2, 0) is 25.1 Å². The Kier molecular flexibility index (Phi) is 6.59. The van der Waals surface area contributed by atoms with Crippen molar-refractivity contribution in [1.29, 1.82) is 0 Å². The van der Waals surface area contributed by atoms with Crippen molar-refractivity contribution in [2.45, 2.75) is 63.4 Å². The van der Waals surface area contributed by atoms with Crippen molar-refractivity contribution in [3.8, 4) is 0 Å². The van der Waals surface area contributed by atoms with E-state index in [0.717, 1.165) is 46.6 Å². The summed E-state index contributed by atoms with van der Waals surface area (Å²) in [5.41, 5.74) is 2.38. The zero-order valence-corrected chi connectivity index (χ0v) is 19.8. The molecule has 0 saturated carbocycles. The van der Waals surface area contributed by atoms with E-state index in [1.54, 1.807) is 29.2 Å². The fourth-order valence-corrected chi connectivity index (χ4v) is 6.58. The molecule has 0 unspecified atom stereocenters. The molecule has 29 heavy (non-hydrogen) atoms. The van der Waals surface area contributed by atoms with Crippen molar-refractivity contribution in [3.05, 3.63) is 54.6 Å². The van der Waals surface area contributed by atoms with Crippen molar-refractivity contribution >= 4 is 56.5 Å². The smallest absolute Gasteiger partial charge is 0.263 e. The van der Waals surface area contributed by atoms with Gasteiger partial charge in [-0.15, -0.1) is 11.3 Å². The summed E-state index contributed by atoms with van der Waals surface area (Å²) < 4.78 is 1.89. The zero-order chi connectivity index (χ0) is 20.5. The van der Waals surface area contributed by atoms with Gasteiger partial charge < -0.3 is 0 Å². The molecule has 1 aliphatic carbocycles. The van der Waals surface area contributed by atoms with E-state index in [9.17, 15) is 4.79 Å². The first-order valence-corrected chi connectivity index (χ1v) is 12.6. The number of aryl methyl sites for hydroxylation is 2. The van der Waals surface area contributed by atoms with E-state index in [-0.39, 0.29) is 5.56 Å². The van der Waals surface area contributed by atoms with E-state index in [4.69, 9.17) is 28.2 Å². The predicted octanol–water partition coefficient (Wildman–Crippen LogP) is 6.98.